The number of allylic oxidation sites excluding steroid dienone is 1. The van der Waals surface area contributed by atoms with Gasteiger partial charge in [0.25, 0.3) is 0 Å². The smallest absolute Gasteiger partial charge is 0.174 e. The van der Waals surface area contributed by atoms with Gasteiger partial charge in [-0.2, -0.15) is 0 Å². The van der Waals surface area contributed by atoms with E-state index < -0.39 is 0 Å². The van der Waals surface area contributed by atoms with E-state index in [1.807, 2.05) is 30.3 Å². The van der Waals surface area contributed by atoms with E-state index in [-0.39, 0.29) is 11.8 Å². The van der Waals surface area contributed by atoms with Gasteiger partial charge in [0, 0.05) is 16.9 Å². The van der Waals surface area contributed by atoms with Crippen LogP contribution in [0.15, 0.2) is 69.7 Å². The second kappa shape index (κ2) is 6.02. The maximum Gasteiger partial charge on any atom is 0.174 e. The zero-order valence-corrected chi connectivity index (χ0v) is 15.3. The maximum atomic E-state index is 12.9. The molecule has 130 valence electrons. The molecule has 0 saturated carbocycles. The van der Waals surface area contributed by atoms with Gasteiger partial charge in [-0.15, -0.1) is 0 Å². The number of rotatable bonds is 2. The molecule has 4 nitrogen and oxygen atoms in total. The van der Waals surface area contributed by atoms with Gasteiger partial charge in [-0.05, 0) is 42.3 Å². The van der Waals surface area contributed by atoms with E-state index in [0.29, 0.717) is 6.42 Å². The fourth-order valence-corrected chi connectivity index (χ4v) is 5.10. The van der Waals surface area contributed by atoms with E-state index in [2.05, 4.69) is 23.1 Å². The normalized spacial score (nSPS) is 21.1. The van der Waals surface area contributed by atoms with E-state index in [1.54, 1.807) is 18.9 Å². The molecule has 5 rings (SSSR count). The van der Waals surface area contributed by atoms with Crippen LogP contribution in [-0.4, -0.2) is 18.1 Å². The number of hydrogen-bond donors (Lipinski definition) is 0. The molecule has 0 bridgehead atoms. The highest BCUT2D eigenvalue weighted by atomic mass is 32.2. The average Bonchev–Trinajstić information content (AvgIpc) is 3.05. The standard InChI is InChI=1S/C21H18N2O2S/c1-25-16-11-6-12-17-20(16)23-19(13-7-3-2-4-8-13)18-14(22-21(23)26-17)9-5-10-15(18)24/h2-4,6-8,11-12,19H,5,9-10H2,1H3. The number of carbonyl (C=O) groups is 1. The van der Waals surface area contributed by atoms with Crippen LogP contribution in [0.4, 0.5) is 5.69 Å². The van der Waals surface area contributed by atoms with E-state index >= 15 is 0 Å². The van der Waals surface area contributed by atoms with Gasteiger partial charge >= 0.3 is 0 Å². The van der Waals surface area contributed by atoms with Crippen LogP contribution in [0.2, 0.25) is 0 Å². The Morgan fingerprint density at radius 1 is 1.12 bits per heavy atom. The minimum Gasteiger partial charge on any atom is -0.495 e. The van der Waals surface area contributed by atoms with Gasteiger partial charge in [-0.1, -0.05) is 36.4 Å². The number of ketones is 1. The minimum absolute atomic E-state index is 0.142. The maximum absolute atomic E-state index is 12.9. The predicted molar refractivity (Wildman–Crippen MR) is 104 cm³/mol. The van der Waals surface area contributed by atoms with Crippen LogP contribution in [0.25, 0.3) is 0 Å². The summed E-state index contributed by atoms with van der Waals surface area (Å²) in [5.41, 5.74) is 3.94. The summed E-state index contributed by atoms with van der Waals surface area (Å²) in [5, 5.41) is 0.937. The van der Waals surface area contributed by atoms with Crippen molar-refractivity contribution in [2.45, 2.75) is 30.2 Å². The first-order valence-electron chi connectivity index (χ1n) is 8.82. The molecule has 0 saturated heterocycles. The topological polar surface area (TPSA) is 41.9 Å². The molecule has 1 atom stereocenters. The molecule has 26 heavy (non-hydrogen) atoms. The lowest BCUT2D eigenvalue weighted by atomic mass is 9.85. The first kappa shape index (κ1) is 15.7. The molecule has 0 radical (unpaired) electrons. The lowest BCUT2D eigenvalue weighted by Crippen LogP contribution is -2.38. The predicted octanol–water partition coefficient (Wildman–Crippen LogP) is 4.73. The number of fused-ring (bicyclic) bond motifs is 3. The summed E-state index contributed by atoms with van der Waals surface area (Å²) in [6.45, 7) is 0. The lowest BCUT2D eigenvalue weighted by molar-refractivity contribution is -0.116. The quantitative estimate of drug-likeness (QED) is 0.775. The van der Waals surface area contributed by atoms with Crippen molar-refractivity contribution in [1.82, 2.24) is 0 Å². The number of methoxy groups -OCH3 is 1. The van der Waals surface area contributed by atoms with Crippen molar-refractivity contribution in [3.8, 4) is 5.75 Å². The molecule has 2 aromatic rings. The molecular formula is C21H18N2O2S. The molecule has 3 aliphatic rings. The van der Waals surface area contributed by atoms with Gasteiger partial charge in [0.2, 0.25) is 0 Å². The lowest BCUT2D eigenvalue weighted by Gasteiger charge is -2.37. The number of benzene rings is 2. The Balaban J connectivity index is 1.76. The van der Waals surface area contributed by atoms with Crippen molar-refractivity contribution < 1.29 is 9.53 Å². The van der Waals surface area contributed by atoms with Gasteiger partial charge in [0.15, 0.2) is 11.0 Å². The second-order valence-corrected chi connectivity index (χ2v) is 7.63. The summed E-state index contributed by atoms with van der Waals surface area (Å²) >= 11 is 1.66. The van der Waals surface area contributed by atoms with Gasteiger partial charge in [-0.3, -0.25) is 4.79 Å². The largest absolute Gasteiger partial charge is 0.495 e. The van der Waals surface area contributed by atoms with Crippen molar-refractivity contribution in [3.63, 3.8) is 0 Å². The molecule has 2 aromatic carbocycles. The summed E-state index contributed by atoms with van der Waals surface area (Å²) in [5.74, 6) is 1.03. The van der Waals surface area contributed by atoms with Crippen LogP contribution in [0.1, 0.15) is 30.9 Å². The first-order chi connectivity index (χ1) is 12.8. The van der Waals surface area contributed by atoms with Crippen LogP contribution >= 0.6 is 11.8 Å². The molecule has 0 amide bonds. The Morgan fingerprint density at radius 3 is 2.77 bits per heavy atom. The summed E-state index contributed by atoms with van der Waals surface area (Å²) in [6.07, 6.45) is 2.36. The van der Waals surface area contributed by atoms with E-state index in [0.717, 1.165) is 51.2 Å². The van der Waals surface area contributed by atoms with E-state index in [4.69, 9.17) is 9.73 Å². The Labute approximate surface area is 156 Å². The summed E-state index contributed by atoms with van der Waals surface area (Å²) in [7, 11) is 1.69. The summed E-state index contributed by atoms with van der Waals surface area (Å²) in [6, 6.07) is 16.2. The number of nitrogens with zero attached hydrogens (tertiary/aromatic N) is 2. The zero-order chi connectivity index (χ0) is 17.7. The van der Waals surface area contributed by atoms with Crippen LogP contribution in [0.3, 0.4) is 0 Å². The number of thioether (sulfide) groups is 1. The van der Waals surface area contributed by atoms with Crippen molar-refractivity contribution in [1.29, 1.82) is 0 Å². The molecule has 0 N–H and O–H groups in total. The number of hydrogen-bond acceptors (Lipinski definition) is 5. The van der Waals surface area contributed by atoms with Crippen molar-refractivity contribution in [2.24, 2.45) is 4.99 Å². The Hall–Kier alpha value is -2.53. The van der Waals surface area contributed by atoms with Crippen molar-refractivity contribution in [3.05, 3.63) is 65.4 Å². The Bertz CT molecular complexity index is 965. The summed E-state index contributed by atoms with van der Waals surface area (Å²) < 4.78 is 5.64. The van der Waals surface area contributed by atoms with Crippen LogP contribution < -0.4 is 9.64 Å². The van der Waals surface area contributed by atoms with Gasteiger partial charge in [0.1, 0.15) is 11.4 Å². The van der Waals surface area contributed by atoms with Gasteiger partial charge in [-0.25, -0.2) is 4.99 Å². The highest BCUT2D eigenvalue weighted by Crippen LogP contribution is 2.54. The number of anilines is 1. The van der Waals surface area contributed by atoms with Crippen molar-refractivity contribution in [2.75, 3.05) is 12.0 Å². The van der Waals surface area contributed by atoms with E-state index in [1.165, 1.54) is 0 Å². The first-order valence-corrected chi connectivity index (χ1v) is 9.63. The molecule has 0 aromatic heterocycles. The van der Waals surface area contributed by atoms with Crippen molar-refractivity contribution >= 4 is 28.4 Å². The fourth-order valence-electron chi connectivity index (χ4n) is 4.01. The minimum atomic E-state index is -0.142. The third-order valence-corrected chi connectivity index (χ3v) is 6.16. The zero-order valence-electron chi connectivity index (χ0n) is 14.4. The molecular weight excluding hydrogens is 344 g/mol. The average molecular weight is 362 g/mol. The number of amidine groups is 1. The van der Waals surface area contributed by atoms with Crippen LogP contribution in [0.5, 0.6) is 5.75 Å². The number of aliphatic imine (C=N–C) groups is 1. The number of ether oxygens (including phenoxy) is 1. The Morgan fingerprint density at radius 2 is 1.96 bits per heavy atom. The molecule has 0 fully saturated rings. The summed E-state index contributed by atoms with van der Waals surface area (Å²) in [4.78, 5) is 21.1. The SMILES string of the molecule is COc1cccc2c1N1C(=NC3=C(C(=O)CCC3)C1c1ccccc1)S2. The third-order valence-electron chi connectivity index (χ3n) is 5.14. The molecule has 1 unspecified atom stereocenters. The molecule has 1 aliphatic carbocycles. The monoisotopic (exact) mass is 362 g/mol. The third kappa shape index (κ3) is 2.23. The molecule has 0 spiro atoms. The number of para-hydroxylation sites is 1. The number of Topliss-reactive ketones (excluding diaryl/α,β-unsaturated/α-hetero) is 1. The Kier molecular flexibility index (Phi) is 3.64. The number of carbonyl (C=O) groups excluding carboxylic acids is 1. The second-order valence-electron chi connectivity index (χ2n) is 6.62. The van der Waals surface area contributed by atoms with E-state index in [9.17, 15) is 4.79 Å². The highest BCUT2D eigenvalue weighted by Gasteiger charge is 2.43. The van der Waals surface area contributed by atoms with Crippen LogP contribution in [-0.2, 0) is 4.79 Å². The highest BCUT2D eigenvalue weighted by molar-refractivity contribution is 8.14. The fraction of sp³-hybridized carbons (Fsp3) is 0.238. The van der Waals surface area contributed by atoms with Crippen LogP contribution in [0, 0.1) is 0 Å². The van der Waals surface area contributed by atoms with Gasteiger partial charge in [0.05, 0.1) is 18.8 Å². The molecule has 2 aliphatic heterocycles. The molecule has 5 heteroatoms. The molecule has 2 heterocycles. The van der Waals surface area contributed by atoms with Gasteiger partial charge < -0.3 is 9.64 Å².